The smallest absolute Gasteiger partial charge is 0.254 e. The molecule has 25 heavy (non-hydrogen) atoms. The number of benzene rings is 2. The lowest BCUT2D eigenvalue weighted by Gasteiger charge is -2.29. The van der Waals surface area contributed by atoms with Crippen molar-refractivity contribution >= 4 is 21.8 Å². The predicted octanol–water partition coefficient (Wildman–Crippen LogP) is 4.91. The number of rotatable bonds is 7. The molecular formula is C20H24BrNO3. The van der Waals surface area contributed by atoms with Crippen molar-refractivity contribution in [1.82, 2.24) is 4.90 Å². The lowest BCUT2D eigenvalue weighted by Crippen LogP contribution is -2.37. The number of ether oxygens (including phenoxy) is 2. The molecule has 1 amide bonds. The molecule has 0 saturated carbocycles. The van der Waals surface area contributed by atoms with E-state index in [1.165, 1.54) is 0 Å². The molecule has 1 atom stereocenters. The van der Waals surface area contributed by atoms with E-state index in [1.54, 1.807) is 26.4 Å². The Morgan fingerprint density at radius 1 is 1.12 bits per heavy atom. The van der Waals surface area contributed by atoms with Gasteiger partial charge in [-0.2, -0.15) is 0 Å². The second-order valence-electron chi connectivity index (χ2n) is 5.87. The van der Waals surface area contributed by atoms with Gasteiger partial charge in [-0.15, -0.1) is 0 Å². The standard InChI is InChI=1S/C20H24BrNO3/c1-5-14(2)22(13-15-9-7-6-8-10-15)20(23)16-11-17(24-3)19(21)18(12-16)25-4/h6-12,14H,5,13H2,1-4H3. The number of hydrogen-bond acceptors (Lipinski definition) is 3. The number of carbonyl (C=O) groups is 1. The first kappa shape index (κ1) is 19.3. The van der Waals surface area contributed by atoms with Crippen molar-refractivity contribution < 1.29 is 14.3 Å². The summed E-state index contributed by atoms with van der Waals surface area (Å²) >= 11 is 3.44. The second-order valence-corrected chi connectivity index (χ2v) is 6.66. The Bertz CT molecular complexity index is 693. The average Bonchev–Trinajstić information content (AvgIpc) is 2.66. The zero-order chi connectivity index (χ0) is 18.4. The fourth-order valence-corrected chi connectivity index (χ4v) is 3.14. The molecule has 0 N–H and O–H groups in total. The van der Waals surface area contributed by atoms with Gasteiger partial charge >= 0.3 is 0 Å². The molecular weight excluding hydrogens is 382 g/mol. The van der Waals surface area contributed by atoms with E-state index < -0.39 is 0 Å². The largest absolute Gasteiger partial charge is 0.495 e. The molecule has 2 aromatic carbocycles. The van der Waals surface area contributed by atoms with Gasteiger partial charge in [0, 0.05) is 18.2 Å². The van der Waals surface area contributed by atoms with Gasteiger partial charge in [-0.25, -0.2) is 0 Å². The summed E-state index contributed by atoms with van der Waals surface area (Å²) in [7, 11) is 3.15. The van der Waals surface area contributed by atoms with Crippen LogP contribution in [0.4, 0.5) is 0 Å². The average molecular weight is 406 g/mol. The van der Waals surface area contributed by atoms with Gasteiger partial charge < -0.3 is 14.4 Å². The summed E-state index contributed by atoms with van der Waals surface area (Å²) in [5, 5.41) is 0. The van der Waals surface area contributed by atoms with Crippen LogP contribution in [0.15, 0.2) is 46.9 Å². The highest BCUT2D eigenvalue weighted by atomic mass is 79.9. The highest BCUT2D eigenvalue weighted by molar-refractivity contribution is 9.10. The Balaban J connectivity index is 2.39. The minimum Gasteiger partial charge on any atom is -0.495 e. The summed E-state index contributed by atoms with van der Waals surface area (Å²) in [5.41, 5.74) is 1.65. The van der Waals surface area contributed by atoms with Crippen molar-refractivity contribution in [2.75, 3.05) is 14.2 Å². The number of hydrogen-bond donors (Lipinski definition) is 0. The Labute approximate surface area is 157 Å². The van der Waals surface area contributed by atoms with Crippen molar-refractivity contribution in [3.8, 4) is 11.5 Å². The first-order valence-electron chi connectivity index (χ1n) is 8.28. The third-order valence-electron chi connectivity index (χ3n) is 4.27. The van der Waals surface area contributed by atoms with Gasteiger partial charge in [0.1, 0.15) is 16.0 Å². The molecule has 2 aromatic rings. The summed E-state index contributed by atoms with van der Waals surface area (Å²) in [6.07, 6.45) is 0.878. The van der Waals surface area contributed by atoms with Crippen LogP contribution in [0.25, 0.3) is 0 Å². The van der Waals surface area contributed by atoms with E-state index in [-0.39, 0.29) is 11.9 Å². The number of amides is 1. The number of halogens is 1. The van der Waals surface area contributed by atoms with Crippen LogP contribution in [0.1, 0.15) is 36.2 Å². The van der Waals surface area contributed by atoms with Crippen LogP contribution in [0.2, 0.25) is 0 Å². The van der Waals surface area contributed by atoms with Crippen LogP contribution < -0.4 is 9.47 Å². The summed E-state index contributed by atoms with van der Waals surface area (Å²) < 4.78 is 11.4. The lowest BCUT2D eigenvalue weighted by atomic mass is 10.1. The molecule has 0 bridgehead atoms. The molecule has 0 radical (unpaired) electrons. The Morgan fingerprint density at radius 2 is 1.68 bits per heavy atom. The molecule has 0 fully saturated rings. The summed E-state index contributed by atoms with van der Waals surface area (Å²) in [6, 6.07) is 13.6. The van der Waals surface area contributed by atoms with Gasteiger partial charge in [0.05, 0.1) is 14.2 Å². The van der Waals surface area contributed by atoms with Crippen LogP contribution in [-0.2, 0) is 6.54 Å². The van der Waals surface area contributed by atoms with Gasteiger partial charge in [-0.05, 0) is 47.0 Å². The van der Waals surface area contributed by atoms with Crippen LogP contribution in [0.3, 0.4) is 0 Å². The molecule has 0 saturated heterocycles. The lowest BCUT2D eigenvalue weighted by molar-refractivity contribution is 0.0671. The van der Waals surface area contributed by atoms with E-state index in [1.807, 2.05) is 35.2 Å². The zero-order valence-corrected chi connectivity index (χ0v) is 16.7. The Kier molecular flexibility index (Phi) is 6.88. The van der Waals surface area contributed by atoms with Gasteiger partial charge in [0.2, 0.25) is 0 Å². The number of carbonyl (C=O) groups excluding carboxylic acids is 1. The minimum absolute atomic E-state index is 0.0395. The molecule has 134 valence electrons. The van der Waals surface area contributed by atoms with Gasteiger partial charge in [-0.3, -0.25) is 4.79 Å². The van der Waals surface area contributed by atoms with Gasteiger partial charge in [0.25, 0.3) is 5.91 Å². The third-order valence-corrected chi connectivity index (χ3v) is 5.05. The first-order chi connectivity index (χ1) is 12.0. The number of methoxy groups -OCH3 is 2. The SMILES string of the molecule is CCC(C)N(Cc1ccccc1)C(=O)c1cc(OC)c(Br)c(OC)c1. The van der Waals surface area contributed by atoms with E-state index >= 15 is 0 Å². The molecule has 0 aliphatic rings. The van der Waals surface area contributed by atoms with E-state index in [0.717, 1.165) is 12.0 Å². The van der Waals surface area contributed by atoms with Crippen LogP contribution in [0.5, 0.6) is 11.5 Å². The molecule has 0 aliphatic heterocycles. The van der Waals surface area contributed by atoms with E-state index in [9.17, 15) is 4.79 Å². The fraction of sp³-hybridized carbons (Fsp3) is 0.350. The molecule has 1 unspecified atom stereocenters. The van der Waals surface area contributed by atoms with Gasteiger partial charge in [-0.1, -0.05) is 37.3 Å². The molecule has 5 heteroatoms. The van der Waals surface area contributed by atoms with Crippen LogP contribution >= 0.6 is 15.9 Å². The maximum Gasteiger partial charge on any atom is 0.254 e. The highest BCUT2D eigenvalue weighted by Gasteiger charge is 2.23. The molecule has 4 nitrogen and oxygen atoms in total. The maximum atomic E-state index is 13.2. The second kappa shape index (κ2) is 8.90. The predicted molar refractivity (Wildman–Crippen MR) is 103 cm³/mol. The topological polar surface area (TPSA) is 38.8 Å². The first-order valence-corrected chi connectivity index (χ1v) is 9.07. The van der Waals surface area contributed by atoms with E-state index in [0.29, 0.717) is 28.1 Å². The van der Waals surface area contributed by atoms with Crippen LogP contribution in [0, 0.1) is 0 Å². The van der Waals surface area contributed by atoms with Crippen molar-refractivity contribution in [1.29, 1.82) is 0 Å². The normalized spacial score (nSPS) is 11.7. The van der Waals surface area contributed by atoms with Crippen molar-refractivity contribution in [3.05, 3.63) is 58.1 Å². The third kappa shape index (κ3) is 4.54. The minimum atomic E-state index is -0.0395. The summed E-state index contributed by atoms with van der Waals surface area (Å²) in [6.45, 7) is 4.71. The monoisotopic (exact) mass is 405 g/mol. The van der Waals surface area contributed by atoms with Crippen molar-refractivity contribution in [2.24, 2.45) is 0 Å². The molecule has 2 rings (SSSR count). The zero-order valence-electron chi connectivity index (χ0n) is 15.1. The number of nitrogens with zero attached hydrogens (tertiary/aromatic N) is 1. The maximum absolute atomic E-state index is 13.2. The Morgan fingerprint density at radius 3 is 2.16 bits per heavy atom. The summed E-state index contributed by atoms with van der Waals surface area (Å²) in [4.78, 5) is 15.1. The van der Waals surface area contributed by atoms with Crippen molar-refractivity contribution in [3.63, 3.8) is 0 Å². The molecule has 0 aromatic heterocycles. The van der Waals surface area contributed by atoms with E-state index in [2.05, 4.69) is 29.8 Å². The molecule has 0 spiro atoms. The highest BCUT2D eigenvalue weighted by Crippen LogP contribution is 2.36. The molecule has 0 aliphatic carbocycles. The molecule has 0 heterocycles. The Hall–Kier alpha value is -2.01. The van der Waals surface area contributed by atoms with Crippen LogP contribution in [-0.4, -0.2) is 31.1 Å². The van der Waals surface area contributed by atoms with Gasteiger partial charge in [0.15, 0.2) is 0 Å². The summed E-state index contributed by atoms with van der Waals surface area (Å²) in [5.74, 6) is 1.11. The fourth-order valence-electron chi connectivity index (χ4n) is 2.59. The van der Waals surface area contributed by atoms with E-state index in [4.69, 9.17) is 9.47 Å². The van der Waals surface area contributed by atoms with Crippen molar-refractivity contribution in [2.45, 2.75) is 32.9 Å². The quantitative estimate of drug-likeness (QED) is 0.656.